The average Bonchev–Trinajstić information content (AvgIpc) is 3.40. The van der Waals surface area contributed by atoms with Gasteiger partial charge in [0.15, 0.2) is 12.6 Å². The lowest BCUT2D eigenvalue weighted by atomic mass is 9.97. The van der Waals surface area contributed by atoms with Gasteiger partial charge in [-0.2, -0.15) is 0 Å². The van der Waals surface area contributed by atoms with Gasteiger partial charge in [-0.05, 0) is 12.8 Å². The summed E-state index contributed by atoms with van der Waals surface area (Å²) in [6, 6.07) is -0.822. The zero-order chi connectivity index (χ0) is 53.9. The zero-order valence-electron chi connectivity index (χ0n) is 47.4. The van der Waals surface area contributed by atoms with Crippen LogP contribution in [0.15, 0.2) is 0 Å². The van der Waals surface area contributed by atoms with Gasteiger partial charge < -0.3 is 65.1 Å². The van der Waals surface area contributed by atoms with Crippen LogP contribution in [0.5, 0.6) is 0 Å². The van der Waals surface area contributed by atoms with Crippen molar-refractivity contribution in [3.8, 4) is 0 Å². The van der Waals surface area contributed by atoms with Gasteiger partial charge in [-0.25, -0.2) is 0 Å². The minimum Gasteiger partial charge on any atom is -0.394 e. The van der Waals surface area contributed by atoms with E-state index in [-0.39, 0.29) is 12.5 Å². The molecule has 14 nitrogen and oxygen atoms in total. The first-order chi connectivity index (χ1) is 36.1. The number of unbranched alkanes of at least 4 members (excludes halogenated alkanes) is 38. The van der Waals surface area contributed by atoms with Crippen LogP contribution >= 0.6 is 0 Å². The van der Waals surface area contributed by atoms with Gasteiger partial charge in [0.2, 0.25) is 5.91 Å². The van der Waals surface area contributed by atoms with Gasteiger partial charge in [-0.3, -0.25) is 4.79 Å². The van der Waals surface area contributed by atoms with Crippen molar-refractivity contribution in [2.45, 2.75) is 357 Å². The summed E-state index contributed by atoms with van der Waals surface area (Å²) < 4.78 is 22.8. The third-order valence-corrected chi connectivity index (χ3v) is 15.8. The summed E-state index contributed by atoms with van der Waals surface area (Å²) in [7, 11) is 0. The lowest BCUT2D eigenvalue weighted by molar-refractivity contribution is -0.359. The van der Waals surface area contributed by atoms with Crippen molar-refractivity contribution in [2.75, 3.05) is 19.8 Å². The number of aliphatic hydroxyl groups is 8. The number of carbonyl (C=O) groups is 1. The molecule has 0 bridgehead atoms. The molecule has 2 fully saturated rings. The highest BCUT2D eigenvalue weighted by Gasteiger charge is 2.51. The fraction of sp³-hybridized carbons (Fsp3) is 0.983. The molecule has 2 saturated heterocycles. The van der Waals surface area contributed by atoms with Crippen molar-refractivity contribution in [2.24, 2.45) is 0 Å². The second kappa shape index (κ2) is 46.9. The van der Waals surface area contributed by atoms with Gasteiger partial charge in [0, 0.05) is 6.42 Å². The Kier molecular flexibility index (Phi) is 43.8. The van der Waals surface area contributed by atoms with Gasteiger partial charge >= 0.3 is 0 Å². The maximum absolute atomic E-state index is 13.2. The number of nitrogens with one attached hydrogen (secondary N) is 1. The topological polar surface area (TPSA) is 228 Å². The number of carbonyl (C=O) groups excluding carboxylic acids is 1. The smallest absolute Gasteiger partial charge is 0.220 e. The van der Waals surface area contributed by atoms with Crippen LogP contribution in [0.1, 0.15) is 284 Å². The molecule has 9 N–H and O–H groups in total. The highest BCUT2D eigenvalue weighted by Crippen LogP contribution is 2.30. The summed E-state index contributed by atoms with van der Waals surface area (Å²) in [4.78, 5) is 13.2. The standard InChI is InChI=1S/C60H117NO13/c1-3-5-7-9-11-13-15-17-18-19-20-21-22-23-24-25-26-27-28-29-30-31-32-33-35-37-39-41-43-49(64)48(61-52(65)44-42-40-38-36-34-16-14-12-10-8-6-4-2)47-71-59-57(70)55(68)58(51(46-63)73-59)74-60-56(69)54(67)53(66)50(45-62)72-60/h48-51,53-60,62-64,66-70H,3-47H2,1-2H3,(H,61,65). The second-order valence-corrected chi connectivity index (χ2v) is 22.6. The zero-order valence-corrected chi connectivity index (χ0v) is 47.4. The molecular formula is C60H117NO13. The summed E-state index contributed by atoms with van der Waals surface area (Å²) in [6.45, 7) is 2.89. The summed E-state index contributed by atoms with van der Waals surface area (Å²) in [5.74, 6) is -0.202. The van der Waals surface area contributed by atoms with Crippen LogP contribution in [-0.2, 0) is 23.7 Å². The maximum atomic E-state index is 13.2. The molecule has 440 valence electrons. The highest BCUT2D eigenvalue weighted by atomic mass is 16.7. The Morgan fingerprint density at radius 1 is 0.432 bits per heavy atom. The molecule has 0 spiro atoms. The largest absolute Gasteiger partial charge is 0.394 e. The average molecular weight is 1060 g/mol. The van der Waals surface area contributed by atoms with E-state index in [2.05, 4.69) is 19.2 Å². The normalized spacial score (nSPS) is 25.1. The molecule has 2 rings (SSSR count). The minimum absolute atomic E-state index is 0.202. The molecule has 12 atom stereocenters. The van der Waals surface area contributed by atoms with E-state index < -0.39 is 86.8 Å². The molecule has 14 heteroatoms. The van der Waals surface area contributed by atoms with Crippen molar-refractivity contribution in [1.82, 2.24) is 5.32 Å². The van der Waals surface area contributed by atoms with Crippen molar-refractivity contribution < 1.29 is 64.6 Å². The molecule has 0 aliphatic carbocycles. The van der Waals surface area contributed by atoms with Crippen LogP contribution in [0, 0.1) is 0 Å². The van der Waals surface area contributed by atoms with Crippen LogP contribution in [0.4, 0.5) is 0 Å². The Hall–Kier alpha value is -1.01. The quantitative estimate of drug-likeness (QED) is 0.0259. The molecular weight excluding hydrogens is 943 g/mol. The van der Waals surface area contributed by atoms with Crippen LogP contribution in [0.2, 0.25) is 0 Å². The van der Waals surface area contributed by atoms with Crippen LogP contribution < -0.4 is 5.32 Å². The molecule has 74 heavy (non-hydrogen) atoms. The van der Waals surface area contributed by atoms with Gasteiger partial charge in [-0.15, -0.1) is 0 Å². The number of hydrogen-bond donors (Lipinski definition) is 9. The Morgan fingerprint density at radius 2 is 0.770 bits per heavy atom. The predicted molar refractivity (Wildman–Crippen MR) is 296 cm³/mol. The first-order valence-corrected chi connectivity index (χ1v) is 31.3. The van der Waals surface area contributed by atoms with Gasteiger partial charge in [0.05, 0.1) is 32.0 Å². The maximum Gasteiger partial charge on any atom is 0.220 e. The fourth-order valence-electron chi connectivity index (χ4n) is 10.8. The van der Waals surface area contributed by atoms with Crippen molar-refractivity contribution in [3.63, 3.8) is 0 Å². The minimum atomic E-state index is -1.78. The van der Waals surface area contributed by atoms with E-state index in [4.69, 9.17) is 18.9 Å². The summed E-state index contributed by atoms with van der Waals surface area (Å²) in [6.07, 6.45) is 35.5. The van der Waals surface area contributed by atoms with Crippen LogP contribution in [0.25, 0.3) is 0 Å². The van der Waals surface area contributed by atoms with Gasteiger partial charge in [0.1, 0.15) is 48.8 Å². The van der Waals surface area contributed by atoms with E-state index in [0.29, 0.717) is 12.8 Å². The molecule has 0 aromatic heterocycles. The third kappa shape index (κ3) is 32.2. The molecule has 2 aliphatic rings. The number of amides is 1. The molecule has 0 saturated carbocycles. The first kappa shape index (κ1) is 69.1. The first-order valence-electron chi connectivity index (χ1n) is 31.3. The molecule has 1 amide bonds. The lowest BCUT2D eigenvalue weighted by Gasteiger charge is -2.46. The molecule has 0 aromatic carbocycles. The molecule has 2 aliphatic heterocycles. The Morgan fingerprint density at radius 3 is 1.15 bits per heavy atom. The molecule has 0 radical (unpaired) electrons. The monoisotopic (exact) mass is 1060 g/mol. The molecule has 0 aromatic rings. The van der Waals surface area contributed by atoms with Gasteiger partial charge in [-0.1, -0.05) is 264 Å². The Bertz CT molecular complexity index is 1250. The third-order valence-electron chi connectivity index (χ3n) is 15.8. The van der Waals surface area contributed by atoms with Crippen molar-refractivity contribution >= 4 is 5.91 Å². The highest BCUT2D eigenvalue weighted by molar-refractivity contribution is 5.76. The van der Waals surface area contributed by atoms with Crippen LogP contribution in [0.3, 0.4) is 0 Å². The van der Waals surface area contributed by atoms with E-state index in [0.717, 1.165) is 51.4 Å². The summed E-state index contributed by atoms with van der Waals surface area (Å²) in [5, 5.41) is 87.2. The SMILES string of the molecule is CCCCCCCCCCCCCCCCCCCCCCCCCCCCCCC(O)C(COC1OC(CO)C(OC2OC(CO)C(O)C(O)C2O)C(O)C1O)NC(=O)CCCCCCCCCCCCCC. The van der Waals surface area contributed by atoms with E-state index in [1.165, 1.54) is 205 Å². The predicted octanol–water partition coefficient (Wildman–Crippen LogP) is 10.9. The summed E-state index contributed by atoms with van der Waals surface area (Å²) in [5.41, 5.74) is 0. The molecule has 2 heterocycles. The van der Waals surface area contributed by atoms with Gasteiger partial charge in [0.25, 0.3) is 0 Å². The second-order valence-electron chi connectivity index (χ2n) is 22.6. The van der Waals surface area contributed by atoms with Crippen molar-refractivity contribution in [3.05, 3.63) is 0 Å². The van der Waals surface area contributed by atoms with E-state index in [1.54, 1.807) is 0 Å². The Labute approximate surface area is 451 Å². The number of ether oxygens (including phenoxy) is 4. The number of rotatable bonds is 51. The lowest BCUT2D eigenvalue weighted by Crippen LogP contribution is -2.65. The number of aliphatic hydroxyl groups excluding tert-OH is 8. The van der Waals surface area contributed by atoms with Crippen molar-refractivity contribution in [1.29, 1.82) is 0 Å². The Balaban J connectivity index is 1.66. The molecule has 12 unspecified atom stereocenters. The summed E-state index contributed by atoms with van der Waals surface area (Å²) >= 11 is 0. The van der Waals surface area contributed by atoms with Crippen LogP contribution in [-0.4, -0.2) is 140 Å². The van der Waals surface area contributed by atoms with E-state index in [9.17, 15) is 45.6 Å². The van der Waals surface area contributed by atoms with E-state index >= 15 is 0 Å². The van der Waals surface area contributed by atoms with E-state index in [1.807, 2.05) is 0 Å². The number of hydrogen-bond acceptors (Lipinski definition) is 13. The fourth-order valence-corrected chi connectivity index (χ4v) is 10.8.